The summed E-state index contributed by atoms with van der Waals surface area (Å²) in [7, 11) is 0. The second kappa shape index (κ2) is 5.62. The number of aliphatic hydroxyl groups is 1. The molecule has 0 saturated heterocycles. The number of aliphatic hydroxyl groups excluding tert-OH is 1. The molecule has 1 saturated carbocycles. The van der Waals surface area contributed by atoms with Crippen LogP contribution in [0.3, 0.4) is 0 Å². The van der Waals surface area contributed by atoms with E-state index in [9.17, 15) is 0 Å². The van der Waals surface area contributed by atoms with E-state index in [0.29, 0.717) is 12.5 Å². The average molecular weight is 249 g/mol. The number of hydrogen-bond acceptors (Lipinski definition) is 3. The van der Waals surface area contributed by atoms with Gasteiger partial charge in [0.25, 0.3) is 0 Å². The third kappa shape index (κ3) is 6.07. The second-order valence-corrected chi connectivity index (χ2v) is 4.50. The molecule has 0 amide bonds. The minimum Gasteiger partial charge on any atom is -0.401 e. The Hall–Kier alpha value is -0.0600. The normalized spacial score (nSPS) is 20.3. The Balaban J connectivity index is 2.02. The molecule has 1 fully saturated rings. The van der Waals surface area contributed by atoms with Crippen LogP contribution in [0.5, 0.6) is 0 Å². The molecule has 1 atom stereocenters. The molecule has 0 radical (unpaired) electrons. The summed E-state index contributed by atoms with van der Waals surface area (Å²) >= 11 is 3.07. The van der Waals surface area contributed by atoms with E-state index in [2.05, 4.69) is 21.2 Å². The van der Waals surface area contributed by atoms with Gasteiger partial charge < -0.3 is 16.2 Å². The van der Waals surface area contributed by atoms with Crippen LogP contribution in [0.15, 0.2) is 11.8 Å². The Morgan fingerprint density at radius 1 is 1.69 bits per heavy atom. The summed E-state index contributed by atoms with van der Waals surface area (Å²) in [6.07, 6.45) is 6.08. The predicted molar refractivity (Wildman–Crippen MR) is 57.5 cm³/mol. The zero-order chi connectivity index (χ0) is 9.68. The van der Waals surface area contributed by atoms with Crippen LogP contribution in [0.4, 0.5) is 0 Å². The first-order chi connectivity index (χ1) is 6.18. The lowest BCUT2D eigenvalue weighted by Gasteiger charge is -2.03. The van der Waals surface area contributed by atoms with Gasteiger partial charge in [-0.05, 0) is 25.7 Å². The third-order valence-corrected chi connectivity index (χ3v) is 2.44. The topological polar surface area (TPSA) is 58.3 Å². The SMILES string of the molecule is N/C(=C/CCC(O)Br)CNC1CC1. The molecule has 1 unspecified atom stereocenters. The van der Waals surface area contributed by atoms with Crippen LogP contribution in [0.1, 0.15) is 25.7 Å². The van der Waals surface area contributed by atoms with Crippen LogP contribution in [0.2, 0.25) is 0 Å². The minimum absolute atomic E-state index is 0.409. The molecule has 0 aromatic carbocycles. The van der Waals surface area contributed by atoms with Crippen LogP contribution >= 0.6 is 15.9 Å². The van der Waals surface area contributed by atoms with Crippen molar-refractivity contribution in [2.75, 3.05) is 6.54 Å². The summed E-state index contributed by atoms with van der Waals surface area (Å²) in [6, 6.07) is 0.703. The molecule has 13 heavy (non-hydrogen) atoms. The van der Waals surface area contributed by atoms with Gasteiger partial charge >= 0.3 is 0 Å². The molecule has 0 aromatic heterocycles. The molecular formula is C9H17BrN2O. The van der Waals surface area contributed by atoms with Crippen molar-refractivity contribution in [3.63, 3.8) is 0 Å². The number of hydrogen-bond donors (Lipinski definition) is 3. The molecule has 0 aliphatic heterocycles. The molecule has 1 aliphatic rings. The lowest BCUT2D eigenvalue weighted by molar-refractivity contribution is 0.261. The summed E-state index contributed by atoms with van der Waals surface area (Å²) in [4.78, 5) is 0. The molecule has 1 rings (SSSR count). The smallest absolute Gasteiger partial charge is 0.109 e. The fourth-order valence-corrected chi connectivity index (χ4v) is 1.29. The molecule has 4 heteroatoms. The van der Waals surface area contributed by atoms with Crippen molar-refractivity contribution in [2.45, 2.75) is 36.7 Å². The molecule has 4 N–H and O–H groups in total. The Kier molecular flexibility index (Phi) is 4.77. The molecule has 1 aliphatic carbocycles. The van der Waals surface area contributed by atoms with E-state index in [0.717, 1.165) is 18.7 Å². The fraction of sp³-hybridized carbons (Fsp3) is 0.778. The van der Waals surface area contributed by atoms with E-state index < -0.39 is 5.01 Å². The van der Waals surface area contributed by atoms with E-state index in [1.807, 2.05) is 6.08 Å². The number of nitrogens with two attached hydrogens (primary N) is 1. The largest absolute Gasteiger partial charge is 0.401 e. The number of allylic oxidation sites excluding steroid dienone is 1. The van der Waals surface area contributed by atoms with Gasteiger partial charge in [0.15, 0.2) is 0 Å². The Morgan fingerprint density at radius 3 is 2.92 bits per heavy atom. The van der Waals surface area contributed by atoms with Gasteiger partial charge in [-0.25, -0.2) is 0 Å². The lowest BCUT2D eigenvalue weighted by atomic mass is 10.2. The zero-order valence-corrected chi connectivity index (χ0v) is 9.26. The molecule has 0 heterocycles. The standard InChI is InChI=1S/C9H17BrN2O/c10-9(13)3-1-2-7(11)6-12-8-4-5-8/h2,8-9,12-13H,1,3-6,11H2/b7-2+. The van der Waals surface area contributed by atoms with E-state index >= 15 is 0 Å². The van der Waals surface area contributed by atoms with Crippen LogP contribution in [-0.4, -0.2) is 22.7 Å². The molecule has 76 valence electrons. The van der Waals surface area contributed by atoms with Crippen molar-refractivity contribution in [3.8, 4) is 0 Å². The fourth-order valence-electron chi connectivity index (χ4n) is 1.03. The van der Waals surface area contributed by atoms with Crippen molar-refractivity contribution in [2.24, 2.45) is 5.73 Å². The molecule has 3 nitrogen and oxygen atoms in total. The third-order valence-electron chi connectivity index (χ3n) is 1.98. The second-order valence-electron chi connectivity index (χ2n) is 3.45. The van der Waals surface area contributed by atoms with E-state index in [4.69, 9.17) is 10.8 Å². The Morgan fingerprint density at radius 2 is 2.38 bits per heavy atom. The maximum Gasteiger partial charge on any atom is 0.109 e. The van der Waals surface area contributed by atoms with Gasteiger partial charge in [-0.1, -0.05) is 22.0 Å². The summed E-state index contributed by atoms with van der Waals surface area (Å²) in [5, 5.41) is 11.8. The number of rotatable bonds is 6. The highest BCUT2D eigenvalue weighted by Gasteiger charge is 2.19. The first-order valence-corrected chi connectivity index (χ1v) is 5.60. The molecule has 0 bridgehead atoms. The zero-order valence-electron chi connectivity index (χ0n) is 7.67. The van der Waals surface area contributed by atoms with E-state index in [-0.39, 0.29) is 0 Å². The number of halogens is 1. The highest BCUT2D eigenvalue weighted by atomic mass is 79.9. The van der Waals surface area contributed by atoms with Crippen molar-refractivity contribution >= 4 is 15.9 Å². The van der Waals surface area contributed by atoms with Gasteiger partial charge in [-0.2, -0.15) is 0 Å². The van der Waals surface area contributed by atoms with Crippen LogP contribution in [-0.2, 0) is 0 Å². The maximum absolute atomic E-state index is 8.92. The minimum atomic E-state index is -0.409. The first-order valence-electron chi connectivity index (χ1n) is 4.68. The summed E-state index contributed by atoms with van der Waals surface area (Å²) < 4.78 is 0. The van der Waals surface area contributed by atoms with Gasteiger partial charge in [0.2, 0.25) is 0 Å². The van der Waals surface area contributed by atoms with E-state index in [1.54, 1.807) is 0 Å². The van der Waals surface area contributed by atoms with Crippen molar-refractivity contribution in [1.29, 1.82) is 0 Å². The Labute approximate surface area is 87.5 Å². The molecular weight excluding hydrogens is 232 g/mol. The van der Waals surface area contributed by atoms with E-state index in [1.165, 1.54) is 12.8 Å². The van der Waals surface area contributed by atoms with Crippen molar-refractivity contribution in [3.05, 3.63) is 11.8 Å². The number of nitrogens with one attached hydrogen (secondary N) is 1. The van der Waals surface area contributed by atoms with Gasteiger partial charge in [0.05, 0.1) is 0 Å². The van der Waals surface area contributed by atoms with Crippen LogP contribution < -0.4 is 11.1 Å². The van der Waals surface area contributed by atoms with Crippen molar-refractivity contribution in [1.82, 2.24) is 5.32 Å². The van der Waals surface area contributed by atoms with Gasteiger partial charge in [-0.15, -0.1) is 0 Å². The molecule has 0 aromatic rings. The van der Waals surface area contributed by atoms with Crippen molar-refractivity contribution < 1.29 is 5.11 Å². The maximum atomic E-state index is 8.92. The first kappa shape index (κ1) is 11.0. The monoisotopic (exact) mass is 248 g/mol. The number of alkyl halides is 1. The van der Waals surface area contributed by atoms with Gasteiger partial charge in [-0.3, -0.25) is 0 Å². The quantitative estimate of drug-likeness (QED) is 0.617. The summed E-state index contributed by atoms with van der Waals surface area (Å²) in [5.74, 6) is 0. The van der Waals surface area contributed by atoms with Crippen LogP contribution in [0, 0.1) is 0 Å². The summed E-state index contributed by atoms with van der Waals surface area (Å²) in [6.45, 7) is 0.781. The van der Waals surface area contributed by atoms with Crippen LogP contribution in [0.25, 0.3) is 0 Å². The highest BCUT2D eigenvalue weighted by molar-refractivity contribution is 9.09. The van der Waals surface area contributed by atoms with Gasteiger partial charge in [0, 0.05) is 18.3 Å². The molecule has 0 spiro atoms. The Bertz CT molecular complexity index is 178. The van der Waals surface area contributed by atoms with Gasteiger partial charge in [0.1, 0.15) is 5.01 Å². The lowest BCUT2D eigenvalue weighted by Crippen LogP contribution is -2.22. The average Bonchev–Trinajstić information content (AvgIpc) is 2.83. The predicted octanol–water partition coefficient (Wildman–Crippen LogP) is 1.07. The highest BCUT2D eigenvalue weighted by Crippen LogP contribution is 2.18. The summed E-state index contributed by atoms with van der Waals surface area (Å²) in [5.41, 5.74) is 6.61.